The van der Waals surface area contributed by atoms with Gasteiger partial charge in [0.05, 0.1) is 13.4 Å². The number of nitrogens with two attached hydrogens (primary N) is 1. The quantitative estimate of drug-likeness (QED) is 0.901. The fourth-order valence-electron chi connectivity index (χ4n) is 2.26. The maximum Gasteiger partial charge on any atom is 0.131 e. The van der Waals surface area contributed by atoms with E-state index in [1.54, 1.807) is 7.11 Å². The Morgan fingerprint density at radius 1 is 1.39 bits per heavy atom. The van der Waals surface area contributed by atoms with Gasteiger partial charge in [0, 0.05) is 11.6 Å². The molecule has 1 heterocycles. The highest BCUT2D eigenvalue weighted by molar-refractivity contribution is 5.72. The number of imidazole rings is 1. The van der Waals surface area contributed by atoms with E-state index in [-0.39, 0.29) is 0 Å². The van der Waals surface area contributed by atoms with Crippen molar-refractivity contribution in [2.45, 2.75) is 25.8 Å². The van der Waals surface area contributed by atoms with Crippen molar-refractivity contribution in [3.63, 3.8) is 0 Å². The number of benzene rings is 1. The van der Waals surface area contributed by atoms with Crippen LogP contribution in [0.1, 0.15) is 24.4 Å². The lowest BCUT2D eigenvalue weighted by Crippen LogP contribution is -1.99. The van der Waals surface area contributed by atoms with E-state index in [0.29, 0.717) is 6.04 Å². The van der Waals surface area contributed by atoms with E-state index in [1.165, 1.54) is 12.8 Å². The first-order chi connectivity index (χ1) is 8.70. The van der Waals surface area contributed by atoms with Crippen molar-refractivity contribution < 1.29 is 4.74 Å². The first-order valence-electron chi connectivity index (χ1n) is 6.18. The van der Waals surface area contributed by atoms with Gasteiger partial charge in [-0.15, -0.1) is 0 Å². The maximum absolute atomic E-state index is 6.17. The largest absolute Gasteiger partial charge is 0.496 e. The highest BCUT2D eigenvalue weighted by atomic mass is 16.5. The molecule has 1 aliphatic carbocycles. The highest BCUT2D eigenvalue weighted by Crippen LogP contribution is 2.39. The Labute approximate surface area is 106 Å². The third-order valence-corrected chi connectivity index (χ3v) is 3.44. The Morgan fingerprint density at radius 3 is 2.78 bits per heavy atom. The molecule has 0 aliphatic heterocycles. The van der Waals surface area contributed by atoms with Crippen LogP contribution in [0.5, 0.6) is 5.75 Å². The molecular formula is C14H17N3O. The van der Waals surface area contributed by atoms with Gasteiger partial charge in [-0.2, -0.15) is 0 Å². The molecule has 0 unspecified atom stereocenters. The maximum atomic E-state index is 6.17. The molecule has 0 spiro atoms. The van der Waals surface area contributed by atoms with Crippen LogP contribution in [0.2, 0.25) is 0 Å². The number of nitrogens with zero attached hydrogens (tertiary/aromatic N) is 2. The van der Waals surface area contributed by atoms with Crippen molar-refractivity contribution in [2.75, 3.05) is 12.8 Å². The summed E-state index contributed by atoms with van der Waals surface area (Å²) in [6.07, 6.45) is 4.27. The molecule has 0 bridgehead atoms. The van der Waals surface area contributed by atoms with E-state index in [1.807, 2.05) is 25.4 Å². The molecule has 3 rings (SSSR count). The second-order valence-corrected chi connectivity index (χ2v) is 4.80. The van der Waals surface area contributed by atoms with Crippen molar-refractivity contribution in [1.82, 2.24) is 9.55 Å². The van der Waals surface area contributed by atoms with E-state index in [0.717, 1.165) is 28.4 Å². The number of rotatable bonds is 3. The van der Waals surface area contributed by atoms with Gasteiger partial charge in [0.25, 0.3) is 0 Å². The van der Waals surface area contributed by atoms with Gasteiger partial charge < -0.3 is 15.0 Å². The van der Waals surface area contributed by atoms with Gasteiger partial charge in [0.15, 0.2) is 0 Å². The molecule has 94 valence electrons. The molecule has 0 saturated heterocycles. The summed E-state index contributed by atoms with van der Waals surface area (Å²) in [5.41, 5.74) is 9.17. The third-order valence-electron chi connectivity index (χ3n) is 3.44. The summed E-state index contributed by atoms with van der Waals surface area (Å²) in [5, 5.41) is 0. The first-order valence-corrected chi connectivity index (χ1v) is 6.18. The fourth-order valence-corrected chi connectivity index (χ4v) is 2.26. The average Bonchev–Trinajstić information content (AvgIpc) is 3.13. The normalized spacial score (nSPS) is 14.8. The number of methoxy groups -OCH3 is 1. The molecule has 0 atom stereocenters. The Hall–Kier alpha value is -1.97. The minimum absolute atomic E-state index is 0.561. The second kappa shape index (κ2) is 4.05. The number of aromatic nitrogens is 2. The Balaban J connectivity index is 2.01. The average molecular weight is 243 g/mol. The number of ether oxygens (including phenoxy) is 1. The van der Waals surface area contributed by atoms with E-state index in [9.17, 15) is 0 Å². The lowest BCUT2D eigenvalue weighted by atomic mass is 10.1. The van der Waals surface area contributed by atoms with E-state index >= 15 is 0 Å². The van der Waals surface area contributed by atoms with Gasteiger partial charge in [-0.3, -0.25) is 0 Å². The van der Waals surface area contributed by atoms with Crippen LogP contribution in [-0.2, 0) is 0 Å². The molecule has 1 aliphatic rings. The van der Waals surface area contributed by atoms with Crippen molar-refractivity contribution in [3.8, 4) is 17.0 Å². The van der Waals surface area contributed by atoms with Crippen molar-refractivity contribution in [1.29, 1.82) is 0 Å². The predicted molar refractivity (Wildman–Crippen MR) is 71.6 cm³/mol. The smallest absolute Gasteiger partial charge is 0.131 e. The summed E-state index contributed by atoms with van der Waals surface area (Å²) < 4.78 is 7.34. The number of hydrogen-bond acceptors (Lipinski definition) is 3. The van der Waals surface area contributed by atoms with Gasteiger partial charge in [0.2, 0.25) is 0 Å². The zero-order valence-corrected chi connectivity index (χ0v) is 10.7. The lowest BCUT2D eigenvalue weighted by Gasteiger charge is -2.07. The van der Waals surface area contributed by atoms with E-state index < -0.39 is 0 Å². The molecular weight excluding hydrogens is 226 g/mol. The molecule has 1 saturated carbocycles. The van der Waals surface area contributed by atoms with Crippen LogP contribution in [0.4, 0.5) is 5.82 Å². The fraction of sp³-hybridized carbons (Fsp3) is 0.357. The molecule has 2 aromatic rings. The number of hydrogen-bond donors (Lipinski definition) is 1. The molecule has 1 aromatic carbocycles. The van der Waals surface area contributed by atoms with Gasteiger partial charge in [-0.05, 0) is 43.5 Å². The summed E-state index contributed by atoms with van der Waals surface area (Å²) in [6.45, 7) is 2.02. The Kier molecular flexibility index (Phi) is 2.51. The summed E-state index contributed by atoms with van der Waals surface area (Å²) in [5.74, 6) is 1.65. The highest BCUT2D eigenvalue weighted by Gasteiger charge is 2.26. The Morgan fingerprint density at radius 2 is 2.17 bits per heavy atom. The van der Waals surface area contributed by atoms with E-state index in [2.05, 4.69) is 15.6 Å². The zero-order valence-electron chi connectivity index (χ0n) is 10.7. The molecule has 0 radical (unpaired) electrons. The van der Waals surface area contributed by atoms with Crippen LogP contribution >= 0.6 is 0 Å². The van der Waals surface area contributed by atoms with Gasteiger partial charge in [-0.25, -0.2) is 4.98 Å². The first kappa shape index (κ1) is 11.1. The number of aryl methyl sites for hydroxylation is 1. The lowest BCUT2D eigenvalue weighted by molar-refractivity contribution is 0.412. The van der Waals surface area contributed by atoms with Crippen molar-refractivity contribution in [2.24, 2.45) is 0 Å². The van der Waals surface area contributed by atoms with E-state index in [4.69, 9.17) is 10.5 Å². The van der Waals surface area contributed by atoms with Crippen LogP contribution in [0.15, 0.2) is 24.5 Å². The summed E-state index contributed by atoms with van der Waals surface area (Å²) in [4.78, 5) is 4.44. The SMILES string of the molecule is COc1ccc(-c2ncn(C3CC3)c2N)cc1C. The standard InChI is InChI=1S/C14H17N3O/c1-9-7-10(3-6-12(9)18-2)13-14(15)17(8-16-13)11-4-5-11/h3,6-8,11H,4-5,15H2,1-2H3. The predicted octanol–water partition coefficient (Wildman–Crippen LogP) is 2.78. The molecule has 1 fully saturated rings. The van der Waals surface area contributed by atoms with Gasteiger partial charge in [-0.1, -0.05) is 0 Å². The van der Waals surface area contributed by atoms with Crippen LogP contribution in [0.3, 0.4) is 0 Å². The molecule has 1 aromatic heterocycles. The van der Waals surface area contributed by atoms with Crippen LogP contribution in [-0.4, -0.2) is 16.7 Å². The second-order valence-electron chi connectivity index (χ2n) is 4.80. The summed E-state index contributed by atoms with van der Waals surface area (Å²) in [7, 11) is 1.68. The Bertz CT molecular complexity index is 585. The van der Waals surface area contributed by atoms with Crippen molar-refractivity contribution in [3.05, 3.63) is 30.1 Å². The van der Waals surface area contributed by atoms with Crippen molar-refractivity contribution >= 4 is 5.82 Å². The molecule has 18 heavy (non-hydrogen) atoms. The number of anilines is 1. The number of nitrogen functional groups attached to an aromatic ring is 1. The monoisotopic (exact) mass is 243 g/mol. The summed E-state index contributed by atoms with van der Waals surface area (Å²) in [6, 6.07) is 6.59. The van der Waals surface area contributed by atoms with Crippen LogP contribution in [0.25, 0.3) is 11.3 Å². The minimum Gasteiger partial charge on any atom is -0.496 e. The third kappa shape index (κ3) is 1.74. The van der Waals surface area contributed by atoms with Gasteiger partial charge in [0.1, 0.15) is 17.3 Å². The molecule has 2 N–H and O–H groups in total. The van der Waals surface area contributed by atoms with Gasteiger partial charge >= 0.3 is 0 Å². The molecule has 0 amide bonds. The van der Waals surface area contributed by atoms with Crippen LogP contribution < -0.4 is 10.5 Å². The minimum atomic E-state index is 0.561. The molecule has 4 heteroatoms. The molecule has 4 nitrogen and oxygen atoms in total. The zero-order chi connectivity index (χ0) is 12.7. The van der Waals surface area contributed by atoms with Crippen LogP contribution in [0, 0.1) is 6.92 Å². The summed E-state index contributed by atoms with van der Waals surface area (Å²) >= 11 is 0. The topological polar surface area (TPSA) is 53.1 Å².